The molecule has 0 bridgehead atoms. The summed E-state index contributed by atoms with van der Waals surface area (Å²) >= 11 is 0. The third kappa shape index (κ3) is 5.15. The van der Waals surface area contributed by atoms with Crippen LogP contribution >= 0.6 is 0 Å². The number of rotatable bonds is 7. The molecule has 4 aromatic rings. The molecule has 2 N–H and O–H groups in total. The minimum absolute atomic E-state index is 0.106. The number of esters is 1. The summed E-state index contributed by atoms with van der Waals surface area (Å²) in [7, 11) is 0. The van der Waals surface area contributed by atoms with Crippen LogP contribution in [0.1, 0.15) is 35.2 Å². The number of aryl methyl sites for hydroxylation is 2. The summed E-state index contributed by atoms with van der Waals surface area (Å²) in [4.78, 5) is 43.5. The van der Waals surface area contributed by atoms with Gasteiger partial charge in [-0.25, -0.2) is 4.79 Å². The molecular formula is C24H22N4O5. The lowest BCUT2D eigenvalue weighted by Gasteiger charge is -2.06. The summed E-state index contributed by atoms with van der Waals surface area (Å²) in [6.45, 7) is 3.98. The van der Waals surface area contributed by atoms with Gasteiger partial charge in [0.1, 0.15) is 0 Å². The quantitative estimate of drug-likeness (QED) is 0.415. The summed E-state index contributed by atoms with van der Waals surface area (Å²) < 4.78 is 10.2. The molecule has 0 spiro atoms. The third-order valence-corrected chi connectivity index (χ3v) is 4.96. The zero-order chi connectivity index (χ0) is 23.4. The minimum Gasteiger partial charge on any atom is -0.462 e. The van der Waals surface area contributed by atoms with Crippen LogP contribution in [0, 0.1) is 6.92 Å². The molecule has 0 unspecified atom stereocenters. The van der Waals surface area contributed by atoms with E-state index >= 15 is 0 Å². The van der Waals surface area contributed by atoms with E-state index in [9.17, 15) is 14.4 Å². The van der Waals surface area contributed by atoms with Gasteiger partial charge in [0.25, 0.3) is 5.56 Å². The smallest absolute Gasteiger partial charge is 0.338 e. The number of benzene rings is 2. The van der Waals surface area contributed by atoms with Crippen LogP contribution in [0.4, 0.5) is 5.69 Å². The Labute approximate surface area is 188 Å². The van der Waals surface area contributed by atoms with Crippen molar-refractivity contribution in [3.63, 3.8) is 0 Å². The Hall–Kier alpha value is -4.27. The molecule has 1 amide bonds. The van der Waals surface area contributed by atoms with Crippen LogP contribution in [0.2, 0.25) is 0 Å². The van der Waals surface area contributed by atoms with E-state index in [-0.39, 0.29) is 36.0 Å². The molecule has 9 nitrogen and oxygen atoms in total. The van der Waals surface area contributed by atoms with Crippen molar-refractivity contribution in [3.8, 4) is 11.4 Å². The number of carbonyl (C=O) groups excluding carboxylic acids is 2. The van der Waals surface area contributed by atoms with E-state index in [1.54, 1.807) is 37.3 Å². The highest BCUT2D eigenvalue weighted by molar-refractivity contribution is 5.93. The molecule has 0 aliphatic carbocycles. The molecule has 0 aliphatic heterocycles. The van der Waals surface area contributed by atoms with E-state index in [1.165, 1.54) is 0 Å². The zero-order valence-electron chi connectivity index (χ0n) is 18.2. The number of hydrogen-bond acceptors (Lipinski definition) is 7. The highest BCUT2D eigenvalue weighted by Crippen LogP contribution is 2.19. The molecular weight excluding hydrogens is 424 g/mol. The van der Waals surface area contributed by atoms with Crippen molar-refractivity contribution in [3.05, 3.63) is 75.9 Å². The predicted molar refractivity (Wildman–Crippen MR) is 122 cm³/mol. The van der Waals surface area contributed by atoms with Crippen molar-refractivity contribution in [1.82, 2.24) is 15.1 Å². The Morgan fingerprint density at radius 3 is 2.67 bits per heavy atom. The summed E-state index contributed by atoms with van der Waals surface area (Å²) in [5.74, 6) is -0.245. The van der Waals surface area contributed by atoms with Crippen molar-refractivity contribution in [2.45, 2.75) is 26.7 Å². The number of hydrogen-bond donors (Lipinski definition) is 2. The van der Waals surface area contributed by atoms with Crippen LogP contribution in [0.5, 0.6) is 0 Å². The van der Waals surface area contributed by atoms with Gasteiger partial charge in [-0.2, -0.15) is 4.98 Å². The predicted octanol–water partition coefficient (Wildman–Crippen LogP) is 3.63. The van der Waals surface area contributed by atoms with E-state index < -0.39 is 5.97 Å². The van der Waals surface area contributed by atoms with Gasteiger partial charge in [0.2, 0.25) is 17.6 Å². The number of fused-ring (bicyclic) bond motifs is 1. The number of nitrogens with one attached hydrogen (secondary N) is 2. The van der Waals surface area contributed by atoms with E-state index in [2.05, 4.69) is 20.4 Å². The molecule has 33 heavy (non-hydrogen) atoms. The SMILES string of the molecule is CCOC(=O)c1ccc(NC(=O)CCc2nc(-c3cc4ccc(C)cc4[nH]c3=O)no2)cc1. The standard InChI is InChI=1S/C24H22N4O5/c1-3-32-24(31)15-6-8-17(9-7-15)25-20(29)10-11-21-27-22(28-33-21)18-13-16-5-4-14(2)12-19(16)26-23(18)30/h4-9,12-13H,3,10-11H2,1-2H3,(H,25,29)(H,26,30). The van der Waals surface area contributed by atoms with Crippen molar-refractivity contribution in [2.24, 2.45) is 0 Å². The van der Waals surface area contributed by atoms with Crippen LogP contribution in [-0.4, -0.2) is 33.6 Å². The number of amides is 1. The van der Waals surface area contributed by atoms with E-state index in [4.69, 9.17) is 9.26 Å². The van der Waals surface area contributed by atoms with E-state index in [1.807, 2.05) is 25.1 Å². The van der Waals surface area contributed by atoms with Crippen molar-refractivity contribution < 1.29 is 18.8 Å². The average molecular weight is 446 g/mol. The highest BCUT2D eigenvalue weighted by Gasteiger charge is 2.15. The summed E-state index contributed by atoms with van der Waals surface area (Å²) in [5, 5.41) is 7.50. The lowest BCUT2D eigenvalue weighted by molar-refractivity contribution is -0.116. The van der Waals surface area contributed by atoms with Gasteiger partial charge in [-0.15, -0.1) is 0 Å². The van der Waals surface area contributed by atoms with Gasteiger partial charge < -0.3 is 19.6 Å². The maximum absolute atomic E-state index is 12.5. The summed E-state index contributed by atoms with van der Waals surface area (Å²) in [6.07, 6.45) is 0.318. The number of H-pyrrole nitrogens is 1. The van der Waals surface area contributed by atoms with Crippen molar-refractivity contribution >= 4 is 28.5 Å². The van der Waals surface area contributed by atoms with Gasteiger partial charge in [-0.1, -0.05) is 17.3 Å². The minimum atomic E-state index is -0.414. The van der Waals surface area contributed by atoms with Crippen LogP contribution in [0.15, 0.2) is 57.8 Å². The van der Waals surface area contributed by atoms with Crippen LogP contribution in [-0.2, 0) is 16.0 Å². The van der Waals surface area contributed by atoms with Crippen LogP contribution in [0.3, 0.4) is 0 Å². The maximum Gasteiger partial charge on any atom is 0.338 e. The normalized spacial score (nSPS) is 10.8. The monoisotopic (exact) mass is 446 g/mol. The Kier molecular flexibility index (Phi) is 6.30. The zero-order valence-corrected chi connectivity index (χ0v) is 18.2. The molecule has 0 fully saturated rings. The Bertz CT molecular complexity index is 1370. The summed E-state index contributed by atoms with van der Waals surface area (Å²) in [6, 6.07) is 13.9. The number of nitrogens with zero attached hydrogens (tertiary/aromatic N) is 2. The molecule has 0 saturated heterocycles. The molecule has 2 aromatic heterocycles. The topological polar surface area (TPSA) is 127 Å². The Morgan fingerprint density at radius 1 is 1.12 bits per heavy atom. The number of aromatic nitrogens is 3. The second-order valence-electron chi connectivity index (χ2n) is 7.46. The molecule has 2 heterocycles. The molecule has 0 aliphatic rings. The maximum atomic E-state index is 12.5. The lowest BCUT2D eigenvalue weighted by Crippen LogP contribution is -2.13. The van der Waals surface area contributed by atoms with Gasteiger partial charge in [-0.3, -0.25) is 9.59 Å². The Morgan fingerprint density at radius 2 is 1.91 bits per heavy atom. The molecule has 0 atom stereocenters. The average Bonchev–Trinajstić information content (AvgIpc) is 3.26. The number of aromatic amines is 1. The number of pyridine rings is 1. The fraction of sp³-hybridized carbons (Fsp3) is 0.208. The first-order chi connectivity index (χ1) is 15.9. The third-order valence-electron chi connectivity index (χ3n) is 4.96. The summed E-state index contributed by atoms with van der Waals surface area (Å²) in [5.41, 5.74) is 2.72. The van der Waals surface area contributed by atoms with Gasteiger partial charge >= 0.3 is 5.97 Å². The largest absolute Gasteiger partial charge is 0.462 e. The van der Waals surface area contributed by atoms with Gasteiger partial charge in [0, 0.05) is 24.0 Å². The van der Waals surface area contributed by atoms with Gasteiger partial charge in [0.05, 0.1) is 17.7 Å². The Balaban J connectivity index is 1.38. The van der Waals surface area contributed by atoms with Gasteiger partial charge in [-0.05, 0) is 61.2 Å². The van der Waals surface area contributed by atoms with Crippen molar-refractivity contribution in [2.75, 3.05) is 11.9 Å². The molecule has 2 aromatic carbocycles. The first-order valence-corrected chi connectivity index (χ1v) is 10.5. The van der Waals surface area contributed by atoms with Gasteiger partial charge in [0.15, 0.2) is 0 Å². The first-order valence-electron chi connectivity index (χ1n) is 10.5. The number of ether oxygens (including phenoxy) is 1. The first kappa shape index (κ1) is 21.9. The molecule has 0 saturated carbocycles. The fourth-order valence-corrected chi connectivity index (χ4v) is 3.29. The molecule has 0 radical (unpaired) electrons. The number of carbonyl (C=O) groups is 2. The van der Waals surface area contributed by atoms with E-state index in [0.717, 1.165) is 16.5 Å². The highest BCUT2D eigenvalue weighted by atomic mass is 16.5. The second-order valence-corrected chi connectivity index (χ2v) is 7.46. The molecule has 4 rings (SSSR count). The van der Waals surface area contributed by atoms with Crippen LogP contribution in [0.25, 0.3) is 22.3 Å². The second kappa shape index (κ2) is 9.47. The lowest BCUT2D eigenvalue weighted by atomic mass is 10.1. The molecule has 9 heteroatoms. The number of anilines is 1. The van der Waals surface area contributed by atoms with Crippen molar-refractivity contribution in [1.29, 1.82) is 0 Å². The molecule has 168 valence electrons. The van der Waals surface area contributed by atoms with E-state index in [0.29, 0.717) is 23.4 Å². The fourth-order valence-electron chi connectivity index (χ4n) is 3.29. The van der Waals surface area contributed by atoms with Crippen LogP contribution < -0.4 is 10.9 Å².